The molecule has 1 aromatic rings. The third-order valence-electron chi connectivity index (χ3n) is 3.74. The third kappa shape index (κ3) is 3.97. The SMILES string of the molecule is [2H]c1c([2H])c(C=CC2CCC(CCC)CC2)c([2H])c([2H])c1F. The Balaban J connectivity index is 2.12. The highest BCUT2D eigenvalue weighted by Gasteiger charge is 2.18. The molecule has 2 rings (SSSR count). The molecule has 0 aromatic heterocycles. The molecule has 98 valence electrons. The van der Waals surface area contributed by atoms with E-state index in [1.165, 1.54) is 25.7 Å². The molecular weight excluding hydrogens is 223 g/mol. The second-order valence-electron chi connectivity index (χ2n) is 5.16. The molecule has 0 radical (unpaired) electrons. The summed E-state index contributed by atoms with van der Waals surface area (Å²) >= 11 is 0. The van der Waals surface area contributed by atoms with E-state index in [0.29, 0.717) is 5.92 Å². The molecule has 1 aliphatic carbocycles. The molecule has 1 fully saturated rings. The van der Waals surface area contributed by atoms with Crippen molar-refractivity contribution >= 4 is 6.08 Å². The predicted molar refractivity (Wildman–Crippen MR) is 75.8 cm³/mol. The molecular formula is C17H23F. The first-order valence-corrected chi connectivity index (χ1v) is 6.89. The van der Waals surface area contributed by atoms with Crippen molar-refractivity contribution in [1.82, 2.24) is 0 Å². The van der Waals surface area contributed by atoms with Gasteiger partial charge in [0.25, 0.3) is 0 Å². The summed E-state index contributed by atoms with van der Waals surface area (Å²) in [6, 6.07) is -1.77. The Labute approximate surface area is 116 Å². The third-order valence-corrected chi connectivity index (χ3v) is 3.74. The molecule has 0 saturated heterocycles. The van der Waals surface area contributed by atoms with Crippen molar-refractivity contribution in [2.24, 2.45) is 11.8 Å². The van der Waals surface area contributed by atoms with Gasteiger partial charge in [0.2, 0.25) is 0 Å². The number of hydrogen-bond acceptors (Lipinski definition) is 0. The van der Waals surface area contributed by atoms with Crippen molar-refractivity contribution in [3.8, 4) is 0 Å². The second kappa shape index (κ2) is 6.72. The minimum Gasteiger partial charge on any atom is -0.207 e. The molecule has 0 amide bonds. The van der Waals surface area contributed by atoms with Gasteiger partial charge in [0.1, 0.15) is 5.82 Å². The van der Waals surface area contributed by atoms with Crippen LogP contribution in [0.15, 0.2) is 30.2 Å². The fourth-order valence-corrected chi connectivity index (χ4v) is 2.70. The van der Waals surface area contributed by atoms with Gasteiger partial charge in [-0.05, 0) is 55.2 Å². The van der Waals surface area contributed by atoms with Crippen LogP contribution in [0.2, 0.25) is 0 Å². The minimum absolute atomic E-state index is 0.187. The summed E-state index contributed by atoms with van der Waals surface area (Å²) in [7, 11) is 0. The molecule has 0 atom stereocenters. The largest absolute Gasteiger partial charge is 0.207 e. The zero-order valence-electron chi connectivity index (χ0n) is 14.9. The van der Waals surface area contributed by atoms with Crippen molar-refractivity contribution < 1.29 is 9.87 Å². The predicted octanol–water partition coefficient (Wildman–Crippen LogP) is 5.45. The van der Waals surface area contributed by atoms with Crippen LogP contribution in [-0.4, -0.2) is 0 Å². The van der Waals surface area contributed by atoms with Crippen LogP contribution in [0, 0.1) is 17.7 Å². The first kappa shape index (κ1) is 8.90. The molecule has 0 nitrogen and oxygen atoms in total. The van der Waals surface area contributed by atoms with E-state index in [1.807, 2.05) is 6.08 Å². The molecule has 0 heterocycles. The van der Waals surface area contributed by atoms with E-state index in [-0.39, 0.29) is 17.6 Å². The van der Waals surface area contributed by atoms with Crippen molar-refractivity contribution in [3.05, 3.63) is 41.6 Å². The highest BCUT2D eigenvalue weighted by Crippen LogP contribution is 2.32. The smallest absolute Gasteiger partial charge is 0.123 e. The fraction of sp³-hybridized carbons (Fsp3) is 0.529. The van der Waals surface area contributed by atoms with Gasteiger partial charge in [-0.1, -0.05) is 44.0 Å². The number of allylic oxidation sites excluding steroid dienone is 1. The highest BCUT2D eigenvalue weighted by molar-refractivity contribution is 5.49. The van der Waals surface area contributed by atoms with Crippen LogP contribution in [0.3, 0.4) is 0 Å². The molecule has 0 spiro atoms. The van der Waals surface area contributed by atoms with Crippen LogP contribution in [0.5, 0.6) is 0 Å². The lowest BCUT2D eigenvalue weighted by molar-refractivity contribution is 0.295. The van der Waals surface area contributed by atoms with Gasteiger partial charge in [0.15, 0.2) is 0 Å². The van der Waals surface area contributed by atoms with E-state index in [0.717, 1.165) is 18.8 Å². The molecule has 1 saturated carbocycles. The summed E-state index contributed by atoms with van der Waals surface area (Å²) in [6.07, 6.45) is 10.8. The Morgan fingerprint density at radius 1 is 1.22 bits per heavy atom. The molecule has 1 aliphatic rings. The van der Waals surface area contributed by atoms with Crippen molar-refractivity contribution in [2.45, 2.75) is 45.4 Å². The molecule has 1 heteroatoms. The summed E-state index contributed by atoms with van der Waals surface area (Å²) in [5.74, 6) is 0.159. The summed E-state index contributed by atoms with van der Waals surface area (Å²) < 4.78 is 44.1. The fourth-order valence-electron chi connectivity index (χ4n) is 2.70. The topological polar surface area (TPSA) is 0 Å². The maximum atomic E-state index is 13.5. The summed E-state index contributed by atoms with van der Waals surface area (Å²) in [6.45, 7) is 2.21. The van der Waals surface area contributed by atoms with Gasteiger partial charge in [-0.2, -0.15) is 0 Å². The Morgan fingerprint density at radius 2 is 1.89 bits per heavy atom. The lowest BCUT2D eigenvalue weighted by Gasteiger charge is -2.26. The van der Waals surface area contributed by atoms with Crippen molar-refractivity contribution in [2.75, 3.05) is 0 Å². The van der Waals surface area contributed by atoms with E-state index >= 15 is 0 Å². The lowest BCUT2D eigenvalue weighted by Crippen LogP contribution is -2.12. The van der Waals surface area contributed by atoms with Crippen molar-refractivity contribution in [3.63, 3.8) is 0 Å². The molecule has 0 bridgehead atoms. The van der Waals surface area contributed by atoms with Gasteiger partial charge < -0.3 is 0 Å². The van der Waals surface area contributed by atoms with E-state index in [1.54, 1.807) is 6.08 Å². The molecule has 1 aromatic carbocycles. The maximum absolute atomic E-state index is 13.5. The maximum Gasteiger partial charge on any atom is 0.123 e. The van der Waals surface area contributed by atoms with E-state index < -0.39 is 17.9 Å². The molecule has 18 heavy (non-hydrogen) atoms. The van der Waals surface area contributed by atoms with Gasteiger partial charge in [-0.15, -0.1) is 0 Å². The van der Waals surface area contributed by atoms with E-state index in [4.69, 9.17) is 5.48 Å². The van der Waals surface area contributed by atoms with Gasteiger partial charge in [-0.25, -0.2) is 4.39 Å². The number of benzene rings is 1. The second-order valence-corrected chi connectivity index (χ2v) is 5.16. The van der Waals surface area contributed by atoms with Crippen molar-refractivity contribution in [1.29, 1.82) is 0 Å². The van der Waals surface area contributed by atoms with Gasteiger partial charge in [0.05, 0.1) is 5.48 Å². The average molecular weight is 250 g/mol. The number of halogens is 1. The Bertz CT molecular complexity index is 531. The van der Waals surface area contributed by atoms with Crippen LogP contribution in [-0.2, 0) is 0 Å². The minimum atomic E-state index is -1.08. The van der Waals surface area contributed by atoms with Crippen LogP contribution in [0.4, 0.5) is 4.39 Å². The normalized spacial score (nSPS) is 27.7. The zero-order chi connectivity index (χ0) is 16.3. The van der Waals surface area contributed by atoms with Gasteiger partial charge in [0, 0.05) is 0 Å². The monoisotopic (exact) mass is 250 g/mol. The van der Waals surface area contributed by atoms with Crippen LogP contribution in [0.1, 0.15) is 56.5 Å². The van der Waals surface area contributed by atoms with Crippen LogP contribution >= 0.6 is 0 Å². The molecule has 0 aliphatic heterocycles. The van der Waals surface area contributed by atoms with Crippen LogP contribution in [0.25, 0.3) is 6.08 Å². The average Bonchev–Trinajstić information content (AvgIpc) is 2.53. The van der Waals surface area contributed by atoms with E-state index in [2.05, 4.69) is 6.92 Å². The van der Waals surface area contributed by atoms with Crippen LogP contribution < -0.4 is 0 Å². The van der Waals surface area contributed by atoms with Gasteiger partial charge in [-0.3, -0.25) is 0 Å². The highest BCUT2D eigenvalue weighted by atomic mass is 19.1. The first-order valence-electron chi connectivity index (χ1n) is 8.89. The first-order chi connectivity index (χ1) is 10.5. The Kier molecular flexibility index (Phi) is 3.32. The summed E-state index contributed by atoms with van der Waals surface area (Å²) in [5, 5.41) is 0. The molecule has 0 N–H and O–H groups in total. The van der Waals surface area contributed by atoms with E-state index in [9.17, 15) is 4.39 Å². The Morgan fingerprint density at radius 3 is 2.50 bits per heavy atom. The number of hydrogen-bond donors (Lipinski definition) is 0. The Hall–Kier alpha value is -1.11. The van der Waals surface area contributed by atoms with Gasteiger partial charge >= 0.3 is 0 Å². The summed E-state index contributed by atoms with van der Waals surface area (Å²) in [4.78, 5) is 0. The summed E-state index contributed by atoms with van der Waals surface area (Å²) in [5.41, 5.74) is 0.187. The molecule has 0 unspecified atom stereocenters. The lowest BCUT2D eigenvalue weighted by atomic mass is 9.80. The number of rotatable bonds is 4. The quantitative estimate of drug-likeness (QED) is 0.667. The standard InChI is InChI=1S/C17H23F/c1-2-3-14-4-6-15(7-5-14)8-9-16-10-12-17(18)13-11-16/h8-15H,2-7H2,1H3/i10D,11D,12D,13D. The zero-order valence-corrected chi connectivity index (χ0v) is 10.9.